The van der Waals surface area contributed by atoms with E-state index >= 15 is 0 Å². The number of ether oxygens (including phenoxy) is 2. The minimum absolute atomic E-state index is 0.0313. The van der Waals surface area contributed by atoms with Crippen molar-refractivity contribution in [3.05, 3.63) is 58.1 Å². The average Bonchev–Trinajstić information content (AvgIpc) is 2.67. The number of rotatable bonds is 4. The molecule has 0 aromatic heterocycles. The van der Waals surface area contributed by atoms with E-state index in [9.17, 15) is 9.00 Å². The van der Waals surface area contributed by atoms with Gasteiger partial charge in [-0.2, -0.15) is 0 Å². The predicted octanol–water partition coefficient (Wildman–Crippen LogP) is 3.82. The van der Waals surface area contributed by atoms with Gasteiger partial charge >= 0.3 is 0 Å². The molecule has 1 amide bonds. The standard InChI is InChI=1S/C21H22ClNO4S/c1-14-6-7-15-4-2-3-5-19(15)23(14)20(24)12-28(25)11-17-9-18(22)8-16-10-26-13-27-21(16)17/h2-5,8-9,14H,6-7,10-13H2,1H3/t14-,28+/m1/s1. The summed E-state index contributed by atoms with van der Waals surface area (Å²) < 4.78 is 23.7. The van der Waals surface area contributed by atoms with Crippen LogP contribution in [0.2, 0.25) is 5.02 Å². The van der Waals surface area contributed by atoms with Crippen LogP contribution in [0.1, 0.15) is 30.0 Å². The molecule has 2 aliphatic rings. The van der Waals surface area contributed by atoms with Crippen molar-refractivity contribution in [3.8, 4) is 5.75 Å². The maximum absolute atomic E-state index is 13.0. The predicted molar refractivity (Wildman–Crippen MR) is 110 cm³/mol. The van der Waals surface area contributed by atoms with Gasteiger partial charge in [0.05, 0.1) is 12.4 Å². The molecule has 148 valence electrons. The van der Waals surface area contributed by atoms with Crippen molar-refractivity contribution in [2.45, 2.75) is 38.2 Å². The molecule has 2 atom stereocenters. The first-order valence-corrected chi connectivity index (χ1v) is 11.2. The minimum atomic E-state index is -1.37. The molecule has 0 unspecified atom stereocenters. The molecule has 7 heteroatoms. The van der Waals surface area contributed by atoms with Crippen molar-refractivity contribution >= 4 is 34.0 Å². The van der Waals surface area contributed by atoms with Gasteiger partial charge in [0.15, 0.2) is 6.79 Å². The summed E-state index contributed by atoms with van der Waals surface area (Å²) >= 11 is 6.18. The van der Waals surface area contributed by atoms with Crippen LogP contribution in [0.5, 0.6) is 5.75 Å². The van der Waals surface area contributed by atoms with Gasteiger partial charge in [0.2, 0.25) is 5.91 Å². The molecule has 0 bridgehead atoms. The summed E-state index contributed by atoms with van der Waals surface area (Å²) in [4.78, 5) is 14.8. The highest BCUT2D eigenvalue weighted by molar-refractivity contribution is 7.85. The number of anilines is 1. The second-order valence-electron chi connectivity index (χ2n) is 7.17. The Morgan fingerprint density at radius 3 is 2.96 bits per heavy atom. The summed E-state index contributed by atoms with van der Waals surface area (Å²) in [5, 5.41) is 0.546. The number of fused-ring (bicyclic) bond motifs is 2. The van der Waals surface area contributed by atoms with Crippen LogP contribution >= 0.6 is 11.6 Å². The van der Waals surface area contributed by atoms with Crippen molar-refractivity contribution in [2.75, 3.05) is 17.4 Å². The number of amides is 1. The lowest BCUT2D eigenvalue weighted by molar-refractivity contribution is -0.116. The molecule has 0 fully saturated rings. The van der Waals surface area contributed by atoms with Crippen LogP contribution in [-0.4, -0.2) is 28.7 Å². The largest absolute Gasteiger partial charge is 0.467 e. The number of halogens is 1. The fourth-order valence-corrected chi connectivity index (χ4v) is 5.21. The van der Waals surface area contributed by atoms with E-state index < -0.39 is 10.8 Å². The molecule has 2 heterocycles. The molecule has 0 radical (unpaired) electrons. The maximum Gasteiger partial charge on any atom is 0.239 e. The molecular weight excluding hydrogens is 398 g/mol. The van der Waals surface area contributed by atoms with Gasteiger partial charge in [-0.15, -0.1) is 0 Å². The van der Waals surface area contributed by atoms with Gasteiger partial charge in [-0.1, -0.05) is 29.8 Å². The quantitative estimate of drug-likeness (QED) is 0.755. The zero-order valence-electron chi connectivity index (χ0n) is 15.7. The Hall–Kier alpha value is -1.89. The van der Waals surface area contributed by atoms with Gasteiger partial charge in [-0.25, -0.2) is 0 Å². The van der Waals surface area contributed by atoms with E-state index in [0.29, 0.717) is 17.4 Å². The third-order valence-electron chi connectivity index (χ3n) is 5.14. The van der Waals surface area contributed by atoms with E-state index in [1.165, 1.54) is 0 Å². The van der Waals surface area contributed by atoms with Gasteiger partial charge in [0.25, 0.3) is 0 Å². The molecule has 2 aliphatic heterocycles. The number of carbonyl (C=O) groups is 1. The van der Waals surface area contributed by atoms with Gasteiger partial charge in [0.1, 0.15) is 11.5 Å². The summed E-state index contributed by atoms with van der Waals surface area (Å²) in [5.74, 6) is 0.751. The molecule has 5 nitrogen and oxygen atoms in total. The number of benzene rings is 2. The summed E-state index contributed by atoms with van der Waals surface area (Å²) in [6.45, 7) is 2.61. The van der Waals surface area contributed by atoms with E-state index in [4.69, 9.17) is 21.1 Å². The van der Waals surface area contributed by atoms with Gasteiger partial charge < -0.3 is 14.4 Å². The van der Waals surface area contributed by atoms with E-state index in [-0.39, 0.29) is 30.2 Å². The van der Waals surface area contributed by atoms with Gasteiger partial charge in [0, 0.05) is 38.7 Å². The Labute approximate surface area is 172 Å². The Balaban J connectivity index is 1.51. The lowest BCUT2D eigenvalue weighted by Gasteiger charge is -2.35. The summed E-state index contributed by atoms with van der Waals surface area (Å²) in [6, 6.07) is 11.6. The number of aryl methyl sites for hydroxylation is 1. The number of carbonyl (C=O) groups excluding carboxylic acids is 1. The lowest BCUT2D eigenvalue weighted by Crippen LogP contribution is -2.44. The van der Waals surface area contributed by atoms with Crippen molar-refractivity contribution in [3.63, 3.8) is 0 Å². The second-order valence-corrected chi connectivity index (χ2v) is 9.07. The SMILES string of the molecule is C[C@@H]1CCc2ccccc2N1C(=O)C[S@@](=O)Cc1cc(Cl)cc2c1OCOC2. The highest BCUT2D eigenvalue weighted by atomic mass is 35.5. The summed E-state index contributed by atoms with van der Waals surface area (Å²) in [5.41, 5.74) is 3.69. The Morgan fingerprint density at radius 2 is 2.11 bits per heavy atom. The van der Waals surface area contributed by atoms with E-state index in [0.717, 1.165) is 35.2 Å². The molecule has 2 aromatic carbocycles. The van der Waals surface area contributed by atoms with Gasteiger partial charge in [-0.3, -0.25) is 9.00 Å². The molecule has 4 rings (SSSR count). The van der Waals surface area contributed by atoms with Crippen LogP contribution in [0, 0.1) is 0 Å². The number of nitrogens with zero attached hydrogens (tertiary/aromatic N) is 1. The zero-order chi connectivity index (χ0) is 19.7. The molecule has 2 aromatic rings. The fraction of sp³-hybridized carbons (Fsp3) is 0.381. The smallest absolute Gasteiger partial charge is 0.239 e. The van der Waals surface area contributed by atoms with Crippen molar-refractivity contribution in [1.82, 2.24) is 0 Å². The molecule has 0 spiro atoms. The molecule has 0 saturated carbocycles. The Bertz CT molecular complexity index is 933. The Morgan fingerprint density at radius 1 is 1.29 bits per heavy atom. The fourth-order valence-electron chi connectivity index (χ4n) is 3.86. The van der Waals surface area contributed by atoms with Crippen molar-refractivity contribution in [2.24, 2.45) is 0 Å². The molecule has 28 heavy (non-hydrogen) atoms. The Kier molecular flexibility index (Phi) is 5.71. The van der Waals surface area contributed by atoms with Crippen LogP contribution in [0.4, 0.5) is 5.69 Å². The van der Waals surface area contributed by atoms with Crippen LogP contribution < -0.4 is 9.64 Å². The van der Waals surface area contributed by atoms with Crippen molar-refractivity contribution in [1.29, 1.82) is 0 Å². The van der Waals surface area contributed by atoms with Crippen LogP contribution in [0.3, 0.4) is 0 Å². The molecule has 0 N–H and O–H groups in total. The number of hydrogen-bond donors (Lipinski definition) is 0. The third kappa shape index (κ3) is 3.95. The topological polar surface area (TPSA) is 55.8 Å². The summed E-state index contributed by atoms with van der Waals surface area (Å²) in [7, 11) is -1.37. The molecule has 0 aliphatic carbocycles. The zero-order valence-corrected chi connectivity index (χ0v) is 17.2. The number of para-hydroxylation sites is 1. The third-order valence-corrected chi connectivity index (χ3v) is 6.56. The average molecular weight is 420 g/mol. The monoisotopic (exact) mass is 419 g/mol. The highest BCUT2D eigenvalue weighted by Gasteiger charge is 2.29. The van der Waals surface area contributed by atoms with Gasteiger partial charge in [-0.05, 0) is 43.5 Å². The van der Waals surface area contributed by atoms with E-state index in [1.54, 1.807) is 17.0 Å². The molecule has 0 saturated heterocycles. The second kappa shape index (κ2) is 8.23. The summed E-state index contributed by atoms with van der Waals surface area (Å²) in [6.07, 6.45) is 1.86. The maximum atomic E-state index is 13.0. The molecular formula is C21H22ClNO4S. The van der Waals surface area contributed by atoms with Crippen LogP contribution in [-0.2, 0) is 39.1 Å². The highest BCUT2D eigenvalue weighted by Crippen LogP contribution is 2.33. The van der Waals surface area contributed by atoms with E-state index in [1.807, 2.05) is 25.1 Å². The first kappa shape index (κ1) is 19.4. The number of hydrogen-bond acceptors (Lipinski definition) is 4. The van der Waals surface area contributed by atoms with Crippen LogP contribution in [0.15, 0.2) is 36.4 Å². The lowest BCUT2D eigenvalue weighted by atomic mass is 9.97. The first-order chi connectivity index (χ1) is 13.5. The van der Waals surface area contributed by atoms with Crippen LogP contribution in [0.25, 0.3) is 0 Å². The normalized spacial score (nSPS) is 19.4. The first-order valence-electron chi connectivity index (χ1n) is 9.29. The van der Waals surface area contributed by atoms with E-state index in [2.05, 4.69) is 6.07 Å². The minimum Gasteiger partial charge on any atom is -0.467 e. The van der Waals surface area contributed by atoms with Crippen molar-refractivity contribution < 1.29 is 18.5 Å².